The maximum absolute atomic E-state index is 12.3. The van der Waals surface area contributed by atoms with Crippen LogP contribution in [0.25, 0.3) is 10.8 Å². The lowest BCUT2D eigenvalue weighted by molar-refractivity contribution is 0.0955. The van der Waals surface area contributed by atoms with Crippen molar-refractivity contribution in [2.24, 2.45) is 5.10 Å². The third-order valence-corrected chi connectivity index (χ3v) is 5.79. The number of benzene rings is 4. The third-order valence-electron chi connectivity index (χ3n) is 4.90. The minimum Gasteiger partial charge on any atom is -0.506 e. The van der Waals surface area contributed by atoms with Crippen molar-refractivity contribution in [2.45, 2.75) is 6.61 Å². The minimum atomic E-state index is -0.447. The molecule has 33 heavy (non-hydrogen) atoms. The summed E-state index contributed by atoms with van der Waals surface area (Å²) in [4.78, 5) is 12.3. The Kier molecular flexibility index (Phi) is 7.04. The van der Waals surface area contributed by atoms with Crippen LogP contribution in [0.4, 0.5) is 0 Å². The van der Waals surface area contributed by atoms with Crippen molar-refractivity contribution in [3.63, 3.8) is 0 Å². The summed E-state index contributed by atoms with van der Waals surface area (Å²) in [6.07, 6.45) is 1.56. The van der Waals surface area contributed by atoms with Crippen LogP contribution in [-0.4, -0.2) is 17.2 Å². The fourth-order valence-corrected chi connectivity index (χ4v) is 3.84. The van der Waals surface area contributed by atoms with Gasteiger partial charge in [0.1, 0.15) is 18.1 Å². The van der Waals surface area contributed by atoms with E-state index in [0.717, 1.165) is 21.9 Å². The first-order valence-corrected chi connectivity index (χ1v) is 11.0. The Hall–Kier alpha value is -3.25. The molecule has 0 aliphatic rings. The molecule has 5 nitrogen and oxygen atoms in total. The van der Waals surface area contributed by atoms with E-state index in [-0.39, 0.29) is 16.3 Å². The second-order valence-corrected chi connectivity index (χ2v) is 8.34. The van der Waals surface area contributed by atoms with Crippen LogP contribution < -0.4 is 10.2 Å². The Morgan fingerprint density at radius 2 is 1.73 bits per heavy atom. The van der Waals surface area contributed by atoms with Crippen LogP contribution in [0.3, 0.4) is 0 Å². The standard InChI is InChI=1S/C25H17Cl3N2O3/c26-18-8-5-17(21(27)12-18)14-33-24-10-7-16(19-3-1-2-4-20(19)24)13-29-30-25(32)15-6-9-23(31)22(28)11-15/h1-13,31H,14H2,(H,30,32). The van der Waals surface area contributed by atoms with Crippen LogP contribution in [0.2, 0.25) is 15.1 Å². The number of nitrogens with zero attached hydrogens (tertiary/aromatic N) is 1. The van der Waals surface area contributed by atoms with Crippen molar-refractivity contribution in [1.29, 1.82) is 0 Å². The molecule has 0 aliphatic carbocycles. The topological polar surface area (TPSA) is 70.9 Å². The van der Waals surface area contributed by atoms with Crippen molar-refractivity contribution in [2.75, 3.05) is 0 Å². The van der Waals surface area contributed by atoms with Crippen LogP contribution in [-0.2, 0) is 6.61 Å². The number of nitrogens with one attached hydrogen (secondary N) is 1. The van der Waals surface area contributed by atoms with Crippen molar-refractivity contribution in [3.8, 4) is 11.5 Å². The highest BCUT2D eigenvalue weighted by molar-refractivity contribution is 6.35. The Morgan fingerprint density at radius 1 is 0.939 bits per heavy atom. The number of aromatic hydroxyl groups is 1. The van der Waals surface area contributed by atoms with Crippen LogP contribution in [0.5, 0.6) is 11.5 Å². The van der Waals surface area contributed by atoms with E-state index in [2.05, 4.69) is 10.5 Å². The zero-order valence-electron chi connectivity index (χ0n) is 17.1. The second kappa shape index (κ2) is 10.1. The smallest absolute Gasteiger partial charge is 0.271 e. The lowest BCUT2D eigenvalue weighted by Gasteiger charge is -2.12. The second-order valence-electron chi connectivity index (χ2n) is 7.09. The zero-order valence-corrected chi connectivity index (χ0v) is 19.3. The highest BCUT2D eigenvalue weighted by Crippen LogP contribution is 2.30. The van der Waals surface area contributed by atoms with Gasteiger partial charge in [0.15, 0.2) is 0 Å². The van der Waals surface area contributed by atoms with E-state index in [1.54, 1.807) is 18.3 Å². The number of rotatable bonds is 6. The van der Waals surface area contributed by atoms with Gasteiger partial charge in [-0.15, -0.1) is 0 Å². The number of fused-ring (bicyclic) bond motifs is 1. The number of ether oxygens (including phenoxy) is 1. The molecule has 166 valence electrons. The number of halogens is 3. The zero-order chi connectivity index (χ0) is 23.4. The van der Waals surface area contributed by atoms with E-state index >= 15 is 0 Å². The molecule has 0 fully saturated rings. The first-order chi connectivity index (χ1) is 15.9. The monoisotopic (exact) mass is 498 g/mol. The molecule has 4 aromatic rings. The molecule has 0 atom stereocenters. The first-order valence-electron chi connectivity index (χ1n) is 9.83. The average molecular weight is 500 g/mol. The van der Waals surface area contributed by atoms with E-state index in [9.17, 15) is 9.90 Å². The molecule has 8 heteroatoms. The molecule has 4 rings (SSSR count). The Bertz CT molecular complexity index is 1370. The van der Waals surface area contributed by atoms with Crippen LogP contribution in [0.15, 0.2) is 77.9 Å². The summed E-state index contributed by atoms with van der Waals surface area (Å²) >= 11 is 18.1. The van der Waals surface area contributed by atoms with Gasteiger partial charge < -0.3 is 9.84 Å². The minimum absolute atomic E-state index is 0.0908. The number of amides is 1. The normalized spacial score (nSPS) is 11.1. The van der Waals surface area contributed by atoms with Crippen LogP contribution >= 0.6 is 34.8 Å². The highest BCUT2D eigenvalue weighted by Gasteiger charge is 2.09. The van der Waals surface area contributed by atoms with Gasteiger partial charge in [0.2, 0.25) is 0 Å². The average Bonchev–Trinajstić information content (AvgIpc) is 2.81. The van der Waals surface area contributed by atoms with Gasteiger partial charge in [0.05, 0.1) is 11.2 Å². The molecule has 0 saturated carbocycles. The van der Waals surface area contributed by atoms with Crippen molar-refractivity contribution in [3.05, 3.63) is 105 Å². The predicted molar refractivity (Wildman–Crippen MR) is 133 cm³/mol. The molecule has 0 unspecified atom stereocenters. The SMILES string of the molecule is O=C(NN=Cc1ccc(OCc2ccc(Cl)cc2Cl)c2ccccc12)c1ccc(O)c(Cl)c1. The first kappa shape index (κ1) is 22.9. The van der Waals surface area contributed by atoms with Gasteiger partial charge in [0.25, 0.3) is 5.91 Å². The lowest BCUT2D eigenvalue weighted by atomic mass is 10.0. The molecular formula is C25H17Cl3N2O3. The van der Waals surface area contributed by atoms with Gasteiger partial charge in [0, 0.05) is 32.1 Å². The molecule has 0 aromatic heterocycles. The quantitative estimate of drug-likeness (QED) is 0.225. The highest BCUT2D eigenvalue weighted by atomic mass is 35.5. The number of carbonyl (C=O) groups is 1. The summed E-state index contributed by atoms with van der Waals surface area (Å²) in [5.74, 6) is 0.151. The number of phenolic OH excluding ortho intramolecular Hbond substituents is 1. The number of carbonyl (C=O) groups excluding carboxylic acids is 1. The predicted octanol–water partition coefficient (Wildman–Crippen LogP) is 6.85. The van der Waals surface area contributed by atoms with E-state index in [4.69, 9.17) is 39.5 Å². The van der Waals surface area contributed by atoms with Gasteiger partial charge in [-0.25, -0.2) is 5.43 Å². The maximum atomic E-state index is 12.3. The number of hydrogen-bond acceptors (Lipinski definition) is 4. The summed E-state index contributed by atoms with van der Waals surface area (Å²) in [5, 5.41) is 16.5. The largest absolute Gasteiger partial charge is 0.506 e. The van der Waals surface area contributed by atoms with Crippen LogP contribution in [0, 0.1) is 0 Å². The fraction of sp³-hybridized carbons (Fsp3) is 0.0400. The molecule has 2 N–H and O–H groups in total. The molecule has 1 amide bonds. The molecule has 4 aromatic carbocycles. The maximum Gasteiger partial charge on any atom is 0.271 e. The van der Waals surface area contributed by atoms with E-state index in [0.29, 0.717) is 22.4 Å². The number of phenols is 1. The molecular weight excluding hydrogens is 483 g/mol. The van der Waals surface area contributed by atoms with Crippen molar-refractivity contribution >= 4 is 57.7 Å². The summed E-state index contributed by atoms with van der Waals surface area (Å²) in [6, 6.07) is 20.9. The molecule has 0 saturated heterocycles. The van der Waals surface area contributed by atoms with Gasteiger partial charge in [-0.3, -0.25) is 4.79 Å². The van der Waals surface area contributed by atoms with E-state index < -0.39 is 5.91 Å². The van der Waals surface area contributed by atoms with Gasteiger partial charge in [-0.1, -0.05) is 65.1 Å². The Labute approximate surface area is 205 Å². The van der Waals surface area contributed by atoms with E-state index in [1.807, 2.05) is 42.5 Å². The molecule has 0 radical (unpaired) electrons. The van der Waals surface area contributed by atoms with Gasteiger partial charge >= 0.3 is 0 Å². The Morgan fingerprint density at radius 3 is 2.48 bits per heavy atom. The molecule has 0 spiro atoms. The summed E-state index contributed by atoms with van der Waals surface area (Å²) in [5.41, 5.74) is 4.37. The van der Waals surface area contributed by atoms with E-state index in [1.165, 1.54) is 18.2 Å². The molecule has 0 aliphatic heterocycles. The van der Waals surface area contributed by atoms with Gasteiger partial charge in [-0.2, -0.15) is 5.10 Å². The molecule has 0 bridgehead atoms. The fourth-order valence-electron chi connectivity index (χ4n) is 3.20. The van der Waals surface area contributed by atoms with Crippen molar-refractivity contribution < 1.29 is 14.6 Å². The third kappa shape index (κ3) is 5.40. The number of hydrogen-bond donors (Lipinski definition) is 2. The van der Waals surface area contributed by atoms with Crippen LogP contribution in [0.1, 0.15) is 21.5 Å². The van der Waals surface area contributed by atoms with Crippen molar-refractivity contribution in [1.82, 2.24) is 5.43 Å². The lowest BCUT2D eigenvalue weighted by Crippen LogP contribution is -2.17. The van der Waals surface area contributed by atoms with Gasteiger partial charge in [-0.05, 0) is 47.9 Å². The molecule has 0 heterocycles. The summed E-state index contributed by atoms with van der Waals surface area (Å²) in [7, 11) is 0. The summed E-state index contributed by atoms with van der Waals surface area (Å²) in [6.45, 7) is 0.290. The number of hydrazone groups is 1. The Balaban J connectivity index is 1.52. The summed E-state index contributed by atoms with van der Waals surface area (Å²) < 4.78 is 6.03.